The molecule has 5 nitrogen and oxygen atoms in total. The number of nitrogens with zero attached hydrogens (tertiary/aromatic N) is 1. The lowest BCUT2D eigenvalue weighted by atomic mass is 10.2. The summed E-state index contributed by atoms with van der Waals surface area (Å²) in [5.41, 5.74) is -0.441. The molecule has 0 unspecified atom stereocenters. The number of benzene rings is 1. The average Bonchev–Trinajstić information content (AvgIpc) is 2.84. The zero-order valence-electron chi connectivity index (χ0n) is 11.7. The highest BCUT2D eigenvalue weighted by atomic mass is 19.4. The van der Waals surface area contributed by atoms with Gasteiger partial charge in [-0.3, -0.25) is 4.79 Å². The van der Waals surface area contributed by atoms with Crippen LogP contribution in [-0.2, 0) is 11.0 Å². The van der Waals surface area contributed by atoms with Gasteiger partial charge in [0.1, 0.15) is 5.76 Å². The Bertz CT molecular complexity index is 636. The predicted molar refractivity (Wildman–Crippen MR) is 74.4 cm³/mol. The van der Waals surface area contributed by atoms with Gasteiger partial charge in [0.15, 0.2) is 5.82 Å². The Labute approximate surface area is 124 Å². The number of hydrogen-bond acceptors (Lipinski definition) is 4. The maximum absolute atomic E-state index is 12.4. The first kappa shape index (κ1) is 15.9. The topological polar surface area (TPSA) is 67.2 Å². The fraction of sp³-hybridized carbons (Fsp3) is 0.286. The van der Waals surface area contributed by atoms with E-state index < -0.39 is 11.7 Å². The van der Waals surface area contributed by atoms with Gasteiger partial charge < -0.3 is 15.2 Å². The van der Waals surface area contributed by atoms with Crippen LogP contribution in [0.15, 0.2) is 34.9 Å². The van der Waals surface area contributed by atoms with E-state index in [2.05, 4.69) is 15.8 Å². The number of carbonyl (C=O) groups is 1. The molecule has 1 aromatic carbocycles. The number of carbonyl (C=O) groups excluding carboxylic acids is 1. The molecule has 2 N–H and O–H groups in total. The number of halogens is 3. The highest BCUT2D eigenvalue weighted by Crippen LogP contribution is 2.29. The lowest BCUT2D eigenvalue weighted by molar-refractivity contribution is -0.137. The lowest BCUT2D eigenvalue weighted by Crippen LogP contribution is -2.16. The van der Waals surface area contributed by atoms with Crippen LogP contribution in [0.5, 0.6) is 0 Å². The van der Waals surface area contributed by atoms with E-state index in [1.807, 2.05) is 0 Å². The first-order valence-corrected chi connectivity index (χ1v) is 6.49. The van der Waals surface area contributed by atoms with E-state index in [0.717, 1.165) is 12.1 Å². The van der Waals surface area contributed by atoms with E-state index in [1.54, 1.807) is 13.0 Å². The molecule has 0 atom stereocenters. The van der Waals surface area contributed by atoms with Crippen molar-refractivity contribution in [2.45, 2.75) is 19.5 Å². The van der Waals surface area contributed by atoms with Crippen molar-refractivity contribution >= 4 is 17.4 Å². The number of alkyl halides is 3. The molecule has 118 valence electrons. The van der Waals surface area contributed by atoms with Crippen LogP contribution < -0.4 is 10.6 Å². The molecule has 1 aromatic heterocycles. The Morgan fingerprint density at radius 3 is 2.50 bits per heavy atom. The molecule has 0 aliphatic heterocycles. The Morgan fingerprint density at radius 1 is 1.27 bits per heavy atom. The highest BCUT2D eigenvalue weighted by Gasteiger charge is 2.29. The maximum Gasteiger partial charge on any atom is 0.416 e. The number of rotatable bonds is 5. The van der Waals surface area contributed by atoms with Crippen LogP contribution in [0.2, 0.25) is 0 Å². The Hall–Kier alpha value is -2.51. The van der Waals surface area contributed by atoms with Gasteiger partial charge in [-0.15, -0.1) is 0 Å². The van der Waals surface area contributed by atoms with Crippen molar-refractivity contribution in [1.29, 1.82) is 0 Å². The summed E-state index contributed by atoms with van der Waals surface area (Å²) < 4.78 is 42.1. The molecule has 0 saturated heterocycles. The van der Waals surface area contributed by atoms with Gasteiger partial charge in [-0.05, 0) is 31.2 Å². The second-order valence-electron chi connectivity index (χ2n) is 4.62. The molecule has 0 fully saturated rings. The van der Waals surface area contributed by atoms with Crippen LogP contribution in [0.1, 0.15) is 17.7 Å². The number of amides is 1. The zero-order valence-corrected chi connectivity index (χ0v) is 11.7. The molecule has 0 radical (unpaired) electrons. The summed E-state index contributed by atoms with van der Waals surface area (Å²) in [4.78, 5) is 11.7. The van der Waals surface area contributed by atoms with Crippen molar-refractivity contribution in [2.24, 2.45) is 0 Å². The zero-order chi connectivity index (χ0) is 16.2. The SMILES string of the molecule is Cc1cc(NCCC(=O)Nc2ccc(C(F)(F)F)cc2)no1. The normalized spacial score (nSPS) is 11.3. The van der Waals surface area contributed by atoms with Crippen LogP contribution in [-0.4, -0.2) is 17.6 Å². The molecule has 1 heterocycles. The molecule has 8 heteroatoms. The minimum absolute atomic E-state index is 0.146. The molecular formula is C14H14F3N3O2. The largest absolute Gasteiger partial charge is 0.416 e. The van der Waals surface area contributed by atoms with Crippen LogP contribution in [0.25, 0.3) is 0 Å². The molecule has 0 aliphatic carbocycles. The molecule has 0 spiro atoms. The third kappa shape index (κ3) is 4.51. The molecule has 0 bridgehead atoms. The third-order valence-corrected chi connectivity index (χ3v) is 2.78. The van der Waals surface area contributed by atoms with Gasteiger partial charge in [-0.1, -0.05) is 5.16 Å². The van der Waals surface area contributed by atoms with Gasteiger partial charge in [0.05, 0.1) is 5.56 Å². The Kier molecular flexibility index (Phi) is 4.69. The van der Waals surface area contributed by atoms with Gasteiger partial charge in [-0.25, -0.2) is 0 Å². The standard InChI is InChI=1S/C14H14F3N3O2/c1-9-8-12(20-22-9)18-7-6-13(21)19-11-4-2-10(3-5-11)14(15,16)17/h2-5,8H,6-7H2,1H3,(H,18,20)(H,19,21). The molecule has 0 saturated carbocycles. The first-order chi connectivity index (χ1) is 10.3. The van der Waals surface area contributed by atoms with Gasteiger partial charge in [-0.2, -0.15) is 13.2 Å². The molecular weight excluding hydrogens is 299 g/mol. The number of aryl methyl sites for hydroxylation is 1. The van der Waals surface area contributed by atoms with E-state index in [-0.39, 0.29) is 12.3 Å². The van der Waals surface area contributed by atoms with E-state index >= 15 is 0 Å². The predicted octanol–water partition coefficient (Wildman–Crippen LogP) is 3.44. The summed E-state index contributed by atoms with van der Waals surface area (Å²) in [6.07, 6.45) is -4.24. The minimum atomic E-state index is -4.39. The monoisotopic (exact) mass is 313 g/mol. The van der Waals surface area contributed by atoms with Gasteiger partial charge in [0.25, 0.3) is 0 Å². The molecule has 2 rings (SSSR count). The molecule has 1 amide bonds. The molecule has 2 aromatic rings. The van der Waals surface area contributed by atoms with E-state index in [1.165, 1.54) is 12.1 Å². The summed E-state index contributed by atoms with van der Waals surface area (Å²) in [6.45, 7) is 2.08. The average molecular weight is 313 g/mol. The third-order valence-electron chi connectivity index (χ3n) is 2.78. The van der Waals surface area contributed by atoms with E-state index in [9.17, 15) is 18.0 Å². The van der Waals surface area contributed by atoms with Crippen molar-refractivity contribution in [1.82, 2.24) is 5.16 Å². The van der Waals surface area contributed by atoms with E-state index in [0.29, 0.717) is 23.8 Å². The summed E-state index contributed by atoms with van der Waals surface area (Å²) in [6, 6.07) is 5.97. The van der Waals surface area contributed by atoms with Crippen molar-refractivity contribution in [2.75, 3.05) is 17.2 Å². The van der Waals surface area contributed by atoms with Gasteiger partial charge in [0, 0.05) is 24.7 Å². The summed E-state index contributed by atoms with van der Waals surface area (Å²) in [5.74, 6) is 0.865. The fourth-order valence-corrected chi connectivity index (χ4v) is 1.72. The van der Waals surface area contributed by atoms with Crippen molar-refractivity contribution in [3.8, 4) is 0 Å². The number of hydrogen-bond donors (Lipinski definition) is 2. The summed E-state index contributed by atoms with van der Waals surface area (Å²) in [5, 5.41) is 9.12. The highest BCUT2D eigenvalue weighted by molar-refractivity contribution is 5.90. The van der Waals surface area contributed by atoms with Crippen LogP contribution in [0, 0.1) is 6.92 Å². The second-order valence-corrected chi connectivity index (χ2v) is 4.62. The fourth-order valence-electron chi connectivity index (χ4n) is 1.72. The maximum atomic E-state index is 12.4. The number of anilines is 2. The lowest BCUT2D eigenvalue weighted by Gasteiger charge is -2.09. The van der Waals surface area contributed by atoms with Gasteiger partial charge in [0.2, 0.25) is 5.91 Å². The Balaban J connectivity index is 1.79. The summed E-state index contributed by atoms with van der Waals surface area (Å²) in [7, 11) is 0. The number of aromatic nitrogens is 1. The second kappa shape index (κ2) is 6.50. The van der Waals surface area contributed by atoms with E-state index in [4.69, 9.17) is 4.52 Å². The smallest absolute Gasteiger partial charge is 0.367 e. The van der Waals surface area contributed by atoms with Crippen LogP contribution in [0.4, 0.5) is 24.7 Å². The first-order valence-electron chi connectivity index (χ1n) is 6.49. The minimum Gasteiger partial charge on any atom is -0.367 e. The van der Waals surface area contributed by atoms with Crippen molar-refractivity contribution in [3.63, 3.8) is 0 Å². The van der Waals surface area contributed by atoms with Crippen LogP contribution in [0.3, 0.4) is 0 Å². The van der Waals surface area contributed by atoms with Crippen molar-refractivity contribution < 1.29 is 22.5 Å². The van der Waals surface area contributed by atoms with Crippen LogP contribution >= 0.6 is 0 Å². The summed E-state index contributed by atoms with van der Waals surface area (Å²) >= 11 is 0. The Morgan fingerprint density at radius 2 is 1.95 bits per heavy atom. The quantitative estimate of drug-likeness (QED) is 0.887. The molecule has 22 heavy (non-hydrogen) atoms. The molecule has 0 aliphatic rings. The van der Waals surface area contributed by atoms with Gasteiger partial charge >= 0.3 is 6.18 Å². The van der Waals surface area contributed by atoms with Crippen molar-refractivity contribution in [3.05, 3.63) is 41.7 Å². The number of nitrogens with one attached hydrogen (secondary N) is 2.